The summed E-state index contributed by atoms with van der Waals surface area (Å²) in [6.07, 6.45) is 0.935. The molecule has 0 aliphatic rings. The second kappa shape index (κ2) is 5.11. The molecule has 0 radical (unpaired) electrons. The average molecular weight is 174 g/mol. The highest BCUT2D eigenvalue weighted by atomic mass is 16.5. The summed E-state index contributed by atoms with van der Waals surface area (Å²) in [7, 11) is 0. The number of amides is 1. The zero-order chi connectivity index (χ0) is 9.61. The van der Waals surface area contributed by atoms with Crippen LogP contribution in [0.15, 0.2) is 0 Å². The molecule has 1 amide bonds. The highest BCUT2D eigenvalue weighted by Crippen LogP contribution is 2.17. The first-order valence-corrected chi connectivity index (χ1v) is 4.03. The van der Waals surface area contributed by atoms with E-state index in [1.165, 1.54) is 0 Å². The number of carbonyl (C=O) groups excluding carboxylic acids is 1. The van der Waals surface area contributed by atoms with E-state index in [9.17, 15) is 4.79 Å². The van der Waals surface area contributed by atoms with E-state index in [1.54, 1.807) is 0 Å². The van der Waals surface area contributed by atoms with Crippen molar-refractivity contribution in [3.05, 3.63) is 0 Å². The maximum absolute atomic E-state index is 10.6. The van der Waals surface area contributed by atoms with Gasteiger partial charge >= 0.3 is 0 Å². The van der Waals surface area contributed by atoms with Crippen molar-refractivity contribution in [3.63, 3.8) is 0 Å². The molecule has 0 aromatic heterocycles. The molecule has 4 nitrogen and oxygen atoms in total. The summed E-state index contributed by atoms with van der Waals surface area (Å²) >= 11 is 0. The smallest absolute Gasteiger partial charge is 0.259 e. The van der Waals surface area contributed by atoms with Gasteiger partial charge in [0.2, 0.25) is 0 Å². The van der Waals surface area contributed by atoms with Crippen LogP contribution in [0.4, 0.5) is 0 Å². The minimum absolute atomic E-state index is 0.0482. The minimum Gasteiger partial charge on any atom is -0.372 e. The SMILES string of the molecule is CC(C)(C)CCOCC(=O)NN. The van der Waals surface area contributed by atoms with E-state index in [1.807, 2.05) is 5.43 Å². The lowest BCUT2D eigenvalue weighted by atomic mass is 9.93. The summed E-state index contributed by atoms with van der Waals surface area (Å²) in [5, 5.41) is 0. The largest absolute Gasteiger partial charge is 0.372 e. The fraction of sp³-hybridized carbons (Fsp3) is 0.875. The van der Waals surface area contributed by atoms with Gasteiger partial charge < -0.3 is 4.74 Å². The van der Waals surface area contributed by atoms with Crippen molar-refractivity contribution in [2.75, 3.05) is 13.2 Å². The summed E-state index contributed by atoms with van der Waals surface area (Å²) in [6.45, 7) is 7.02. The van der Waals surface area contributed by atoms with Crippen LogP contribution in [0.3, 0.4) is 0 Å². The molecule has 12 heavy (non-hydrogen) atoms. The van der Waals surface area contributed by atoms with Crippen LogP contribution in [0, 0.1) is 5.41 Å². The number of carbonyl (C=O) groups is 1. The zero-order valence-electron chi connectivity index (χ0n) is 8.02. The maximum atomic E-state index is 10.6. The highest BCUT2D eigenvalue weighted by Gasteiger charge is 2.09. The molecule has 0 aromatic carbocycles. The predicted octanol–water partition coefficient (Wildman–Crippen LogP) is 0.429. The Balaban J connectivity index is 3.28. The van der Waals surface area contributed by atoms with Crippen LogP contribution in [0.2, 0.25) is 0 Å². The molecule has 0 aliphatic heterocycles. The van der Waals surface area contributed by atoms with Crippen LogP contribution >= 0.6 is 0 Å². The van der Waals surface area contributed by atoms with Crippen molar-refractivity contribution in [3.8, 4) is 0 Å². The monoisotopic (exact) mass is 174 g/mol. The molecule has 0 aromatic rings. The summed E-state index contributed by atoms with van der Waals surface area (Å²) < 4.78 is 5.07. The maximum Gasteiger partial charge on any atom is 0.259 e. The molecule has 0 spiro atoms. The number of nitrogens with one attached hydrogen (secondary N) is 1. The molecule has 0 bridgehead atoms. The lowest BCUT2D eigenvalue weighted by molar-refractivity contribution is -0.126. The van der Waals surface area contributed by atoms with Gasteiger partial charge in [0.25, 0.3) is 5.91 Å². The van der Waals surface area contributed by atoms with Crippen LogP contribution < -0.4 is 11.3 Å². The van der Waals surface area contributed by atoms with Gasteiger partial charge in [-0.2, -0.15) is 0 Å². The van der Waals surface area contributed by atoms with Crippen LogP contribution in [0.25, 0.3) is 0 Å². The Hall–Kier alpha value is -0.610. The molecule has 0 unspecified atom stereocenters. The van der Waals surface area contributed by atoms with Gasteiger partial charge in [0.05, 0.1) is 0 Å². The molecule has 0 aliphatic carbocycles. The molecular weight excluding hydrogens is 156 g/mol. The van der Waals surface area contributed by atoms with E-state index >= 15 is 0 Å². The zero-order valence-corrected chi connectivity index (χ0v) is 8.02. The first kappa shape index (κ1) is 11.4. The summed E-state index contributed by atoms with van der Waals surface area (Å²) in [5.74, 6) is 4.57. The number of ether oxygens (including phenoxy) is 1. The van der Waals surface area contributed by atoms with E-state index < -0.39 is 0 Å². The molecule has 0 heterocycles. The fourth-order valence-corrected chi connectivity index (χ4v) is 0.585. The third kappa shape index (κ3) is 7.50. The molecular formula is C8H18N2O2. The second-order valence-corrected chi connectivity index (χ2v) is 3.93. The minimum atomic E-state index is -0.288. The number of nitrogens with two attached hydrogens (primary N) is 1. The van der Waals surface area contributed by atoms with E-state index in [-0.39, 0.29) is 17.9 Å². The fourth-order valence-electron chi connectivity index (χ4n) is 0.585. The van der Waals surface area contributed by atoms with Crippen LogP contribution in [-0.2, 0) is 9.53 Å². The Morgan fingerprint density at radius 1 is 1.50 bits per heavy atom. The Labute approximate surface area is 73.4 Å². The molecule has 4 heteroatoms. The molecule has 3 N–H and O–H groups in total. The summed E-state index contributed by atoms with van der Waals surface area (Å²) in [6, 6.07) is 0. The van der Waals surface area contributed by atoms with Crippen LogP contribution in [0.1, 0.15) is 27.2 Å². The lowest BCUT2D eigenvalue weighted by Gasteiger charge is -2.17. The van der Waals surface area contributed by atoms with Gasteiger partial charge in [-0.15, -0.1) is 0 Å². The van der Waals surface area contributed by atoms with Gasteiger partial charge in [-0.1, -0.05) is 20.8 Å². The van der Waals surface area contributed by atoms with E-state index in [2.05, 4.69) is 20.8 Å². The van der Waals surface area contributed by atoms with Crippen molar-refractivity contribution >= 4 is 5.91 Å². The van der Waals surface area contributed by atoms with Crippen molar-refractivity contribution in [2.24, 2.45) is 11.3 Å². The van der Waals surface area contributed by atoms with E-state index in [0.29, 0.717) is 6.61 Å². The molecule has 0 atom stereocenters. The van der Waals surface area contributed by atoms with Gasteiger partial charge in [-0.25, -0.2) is 5.84 Å². The lowest BCUT2D eigenvalue weighted by Crippen LogP contribution is -2.33. The molecule has 72 valence electrons. The number of hydrogen-bond acceptors (Lipinski definition) is 3. The average Bonchev–Trinajstić information content (AvgIpc) is 1.96. The van der Waals surface area contributed by atoms with Gasteiger partial charge in [0, 0.05) is 6.61 Å². The molecule has 0 fully saturated rings. The van der Waals surface area contributed by atoms with Gasteiger partial charge in [0.1, 0.15) is 6.61 Å². The van der Waals surface area contributed by atoms with Crippen molar-refractivity contribution in [2.45, 2.75) is 27.2 Å². The third-order valence-electron chi connectivity index (χ3n) is 1.39. The van der Waals surface area contributed by atoms with Gasteiger partial charge in [-0.3, -0.25) is 10.2 Å². The third-order valence-corrected chi connectivity index (χ3v) is 1.39. The van der Waals surface area contributed by atoms with E-state index in [0.717, 1.165) is 6.42 Å². The first-order valence-electron chi connectivity index (χ1n) is 4.03. The van der Waals surface area contributed by atoms with E-state index in [4.69, 9.17) is 10.6 Å². The summed E-state index contributed by atoms with van der Waals surface area (Å²) in [5.41, 5.74) is 2.25. The Bertz CT molecular complexity index is 140. The number of hydrogen-bond donors (Lipinski definition) is 2. The van der Waals surface area contributed by atoms with Gasteiger partial charge in [-0.05, 0) is 11.8 Å². The second-order valence-electron chi connectivity index (χ2n) is 3.93. The number of hydrazine groups is 1. The Morgan fingerprint density at radius 2 is 2.08 bits per heavy atom. The van der Waals surface area contributed by atoms with Crippen molar-refractivity contribution in [1.82, 2.24) is 5.43 Å². The Morgan fingerprint density at radius 3 is 2.50 bits per heavy atom. The summed E-state index contributed by atoms with van der Waals surface area (Å²) in [4.78, 5) is 10.6. The standard InChI is InChI=1S/C8H18N2O2/c1-8(2,3)4-5-12-6-7(11)10-9/h4-6,9H2,1-3H3,(H,10,11). The number of rotatable bonds is 4. The van der Waals surface area contributed by atoms with Crippen LogP contribution in [-0.4, -0.2) is 19.1 Å². The topological polar surface area (TPSA) is 64.3 Å². The first-order chi connectivity index (χ1) is 5.45. The quantitative estimate of drug-likeness (QED) is 0.281. The highest BCUT2D eigenvalue weighted by molar-refractivity contribution is 5.76. The Kier molecular flexibility index (Phi) is 4.85. The molecule has 0 saturated heterocycles. The van der Waals surface area contributed by atoms with Gasteiger partial charge in [0.15, 0.2) is 0 Å². The van der Waals surface area contributed by atoms with Crippen molar-refractivity contribution in [1.29, 1.82) is 0 Å². The molecule has 0 saturated carbocycles. The molecule has 0 rings (SSSR count). The normalized spacial score (nSPS) is 11.3. The van der Waals surface area contributed by atoms with Crippen molar-refractivity contribution < 1.29 is 9.53 Å². The van der Waals surface area contributed by atoms with Crippen LogP contribution in [0.5, 0.6) is 0 Å². The predicted molar refractivity (Wildman–Crippen MR) is 47.2 cm³/mol.